The summed E-state index contributed by atoms with van der Waals surface area (Å²) in [7, 11) is 1.61. The van der Waals surface area contributed by atoms with Gasteiger partial charge in [-0.25, -0.2) is 0 Å². The molecule has 0 radical (unpaired) electrons. The lowest BCUT2D eigenvalue weighted by molar-refractivity contribution is -0.141. The number of carbonyl (C=O) groups is 1. The third kappa shape index (κ3) is 1.87. The van der Waals surface area contributed by atoms with Gasteiger partial charge in [0, 0.05) is 25.1 Å². The van der Waals surface area contributed by atoms with Crippen LogP contribution in [0.25, 0.3) is 10.4 Å². The smallest absolute Gasteiger partial charge is 0.228 e. The van der Waals surface area contributed by atoms with Crippen LogP contribution in [0.5, 0.6) is 0 Å². The Morgan fingerprint density at radius 1 is 1.83 bits per heavy atom. The molecule has 0 unspecified atom stereocenters. The summed E-state index contributed by atoms with van der Waals surface area (Å²) in [5, 5.41) is 3.17. The van der Waals surface area contributed by atoms with E-state index in [0.717, 1.165) is 0 Å². The van der Waals surface area contributed by atoms with E-state index in [1.54, 1.807) is 12.0 Å². The Morgan fingerprint density at radius 3 is 3.00 bits per heavy atom. The van der Waals surface area contributed by atoms with Gasteiger partial charge in [-0.3, -0.25) is 4.79 Å². The first kappa shape index (κ1) is 8.83. The highest BCUT2D eigenvalue weighted by Crippen LogP contribution is 2.10. The fourth-order valence-electron chi connectivity index (χ4n) is 0.983. The van der Waals surface area contributed by atoms with Gasteiger partial charge in [0.15, 0.2) is 0 Å². The predicted molar refractivity (Wildman–Crippen MR) is 41.4 cm³/mol. The lowest BCUT2D eigenvalue weighted by Gasteiger charge is -2.37. The number of rotatable bonds is 3. The first-order valence-corrected chi connectivity index (χ1v) is 3.59. The second kappa shape index (κ2) is 3.94. The summed E-state index contributed by atoms with van der Waals surface area (Å²) in [6, 6.07) is 0. The molecule has 0 aromatic heterocycles. The van der Waals surface area contributed by atoms with Crippen molar-refractivity contribution in [2.75, 3.05) is 26.7 Å². The monoisotopic (exact) mass is 170 g/mol. The van der Waals surface area contributed by atoms with Crippen LogP contribution in [0.15, 0.2) is 5.11 Å². The van der Waals surface area contributed by atoms with Crippen molar-refractivity contribution in [3.8, 4) is 0 Å². The largest absolute Gasteiger partial charge is 0.378 e. The van der Waals surface area contributed by atoms with E-state index in [9.17, 15) is 4.79 Å². The molecule has 1 amide bonds. The molecule has 0 aromatic rings. The highest BCUT2D eigenvalue weighted by atomic mass is 16.5. The third-order valence-electron chi connectivity index (χ3n) is 1.80. The van der Waals surface area contributed by atoms with Crippen LogP contribution in [-0.2, 0) is 9.53 Å². The molecule has 0 aliphatic carbocycles. The number of likely N-dealkylation sites (tertiary alicyclic amines) is 1. The highest BCUT2D eigenvalue weighted by Gasteiger charge is 2.29. The Labute approximate surface area is 69.7 Å². The molecule has 1 fully saturated rings. The van der Waals surface area contributed by atoms with Gasteiger partial charge in [-0.2, -0.15) is 0 Å². The molecule has 6 heteroatoms. The fraction of sp³-hybridized carbons (Fsp3) is 0.833. The normalized spacial score (nSPS) is 16.6. The van der Waals surface area contributed by atoms with E-state index in [-0.39, 0.29) is 18.6 Å². The standard InChI is InChI=1S/C6H10N4O2/c1-12-5-3-10(4-5)6(11)2-8-9-7/h5H,2-4H2,1H3. The molecule has 0 saturated carbocycles. The minimum atomic E-state index is -0.138. The number of ether oxygens (including phenoxy) is 1. The Hall–Kier alpha value is -1.26. The molecule has 1 rings (SSSR count). The molecular formula is C6H10N4O2. The lowest BCUT2D eigenvalue weighted by Crippen LogP contribution is -2.55. The molecule has 6 nitrogen and oxygen atoms in total. The lowest BCUT2D eigenvalue weighted by atomic mass is 10.1. The topological polar surface area (TPSA) is 78.3 Å². The van der Waals surface area contributed by atoms with Crippen molar-refractivity contribution < 1.29 is 9.53 Å². The van der Waals surface area contributed by atoms with E-state index >= 15 is 0 Å². The zero-order chi connectivity index (χ0) is 8.97. The Bertz CT molecular complexity index is 218. The molecule has 0 N–H and O–H groups in total. The van der Waals surface area contributed by atoms with Gasteiger partial charge in [-0.15, -0.1) is 0 Å². The van der Waals surface area contributed by atoms with Crippen molar-refractivity contribution >= 4 is 5.91 Å². The molecule has 1 aliphatic heterocycles. The van der Waals surface area contributed by atoms with Crippen molar-refractivity contribution in [2.45, 2.75) is 6.10 Å². The maximum absolute atomic E-state index is 11.1. The second-order valence-corrected chi connectivity index (χ2v) is 2.55. The molecule has 0 spiro atoms. The highest BCUT2D eigenvalue weighted by molar-refractivity contribution is 5.79. The molecule has 0 aromatic carbocycles. The number of azide groups is 1. The molecule has 0 bridgehead atoms. The summed E-state index contributed by atoms with van der Waals surface area (Å²) in [5.41, 5.74) is 7.95. The Morgan fingerprint density at radius 2 is 2.50 bits per heavy atom. The van der Waals surface area contributed by atoms with E-state index < -0.39 is 0 Å². The number of amides is 1. The van der Waals surface area contributed by atoms with E-state index in [2.05, 4.69) is 10.0 Å². The summed E-state index contributed by atoms with van der Waals surface area (Å²) in [6.45, 7) is 1.12. The third-order valence-corrected chi connectivity index (χ3v) is 1.80. The summed E-state index contributed by atoms with van der Waals surface area (Å²) in [5.74, 6) is -0.138. The minimum absolute atomic E-state index is 0.0903. The van der Waals surface area contributed by atoms with E-state index in [1.165, 1.54) is 0 Å². The van der Waals surface area contributed by atoms with E-state index in [4.69, 9.17) is 10.3 Å². The van der Waals surface area contributed by atoms with Gasteiger partial charge >= 0.3 is 0 Å². The van der Waals surface area contributed by atoms with Gasteiger partial charge < -0.3 is 9.64 Å². The summed E-state index contributed by atoms with van der Waals surface area (Å²) < 4.78 is 4.97. The van der Waals surface area contributed by atoms with Gasteiger partial charge in [0.2, 0.25) is 5.91 Å². The van der Waals surface area contributed by atoms with Crippen LogP contribution in [0.3, 0.4) is 0 Å². The van der Waals surface area contributed by atoms with Crippen LogP contribution < -0.4 is 0 Å². The predicted octanol–water partition coefficient (Wildman–Crippen LogP) is 0.154. The SMILES string of the molecule is COC1CN(C(=O)CN=[N+]=[N-])C1. The van der Waals surface area contributed by atoms with E-state index in [0.29, 0.717) is 13.1 Å². The molecule has 1 saturated heterocycles. The molecule has 66 valence electrons. The summed E-state index contributed by atoms with van der Waals surface area (Å²) in [4.78, 5) is 15.2. The van der Waals surface area contributed by atoms with Crippen LogP contribution in [0.4, 0.5) is 0 Å². The molecule has 1 aliphatic rings. The summed E-state index contributed by atoms with van der Waals surface area (Å²) >= 11 is 0. The fourth-order valence-corrected chi connectivity index (χ4v) is 0.983. The first-order chi connectivity index (χ1) is 5.77. The Kier molecular flexibility index (Phi) is 2.90. The van der Waals surface area contributed by atoms with Crippen molar-refractivity contribution in [3.05, 3.63) is 10.4 Å². The number of hydrogen-bond acceptors (Lipinski definition) is 3. The van der Waals surface area contributed by atoms with Gasteiger partial charge in [0.05, 0.1) is 6.10 Å². The number of hydrogen-bond donors (Lipinski definition) is 0. The maximum Gasteiger partial charge on any atom is 0.228 e. The average Bonchev–Trinajstić information content (AvgIpc) is 1.99. The summed E-state index contributed by atoms with van der Waals surface area (Å²) in [6.07, 6.45) is 0.153. The van der Waals surface area contributed by atoms with Crippen molar-refractivity contribution in [1.29, 1.82) is 0 Å². The number of carbonyl (C=O) groups excluding carboxylic acids is 1. The molecule has 0 atom stereocenters. The second-order valence-electron chi connectivity index (χ2n) is 2.55. The van der Waals surface area contributed by atoms with Gasteiger partial charge in [-0.05, 0) is 5.53 Å². The van der Waals surface area contributed by atoms with Crippen molar-refractivity contribution in [3.63, 3.8) is 0 Å². The van der Waals surface area contributed by atoms with Gasteiger partial charge in [0.25, 0.3) is 0 Å². The number of nitrogens with zero attached hydrogens (tertiary/aromatic N) is 4. The van der Waals surface area contributed by atoms with Gasteiger partial charge in [-0.1, -0.05) is 5.11 Å². The quantitative estimate of drug-likeness (QED) is 0.343. The first-order valence-electron chi connectivity index (χ1n) is 3.59. The molecular weight excluding hydrogens is 160 g/mol. The minimum Gasteiger partial charge on any atom is -0.378 e. The Balaban J connectivity index is 2.23. The van der Waals surface area contributed by atoms with E-state index in [1.807, 2.05) is 0 Å². The van der Waals surface area contributed by atoms with Crippen LogP contribution >= 0.6 is 0 Å². The molecule has 1 heterocycles. The zero-order valence-electron chi connectivity index (χ0n) is 6.80. The molecule has 12 heavy (non-hydrogen) atoms. The van der Waals surface area contributed by atoms with Crippen molar-refractivity contribution in [2.24, 2.45) is 5.11 Å². The van der Waals surface area contributed by atoms with Crippen molar-refractivity contribution in [1.82, 2.24) is 4.90 Å². The maximum atomic E-state index is 11.1. The zero-order valence-corrected chi connectivity index (χ0v) is 6.80. The van der Waals surface area contributed by atoms with Crippen LogP contribution in [-0.4, -0.2) is 43.7 Å². The van der Waals surface area contributed by atoms with Crippen LogP contribution in [0.2, 0.25) is 0 Å². The van der Waals surface area contributed by atoms with Gasteiger partial charge in [0.1, 0.15) is 6.54 Å². The number of methoxy groups -OCH3 is 1. The van der Waals surface area contributed by atoms with Crippen LogP contribution in [0.1, 0.15) is 0 Å². The average molecular weight is 170 g/mol. The van der Waals surface area contributed by atoms with Crippen LogP contribution in [0, 0.1) is 0 Å².